The molecular weight excluding hydrogens is 426 g/mol. The van der Waals surface area contributed by atoms with Crippen LogP contribution < -0.4 is 0 Å². The first kappa shape index (κ1) is 19.9. The van der Waals surface area contributed by atoms with Gasteiger partial charge in [-0.2, -0.15) is 0 Å². The van der Waals surface area contributed by atoms with Gasteiger partial charge in [0.05, 0.1) is 23.9 Å². The number of sulfone groups is 1. The number of hydrogen-bond acceptors (Lipinski definition) is 6. The third kappa shape index (κ3) is 3.75. The summed E-state index contributed by atoms with van der Waals surface area (Å²) in [7, 11) is -3.68. The molecule has 0 radical (unpaired) electrons. The van der Waals surface area contributed by atoms with Gasteiger partial charge in [0.1, 0.15) is 0 Å². The molecule has 0 aliphatic heterocycles. The Morgan fingerprint density at radius 2 is 1.93 bits per heavy atom. The van der Waals surface area contributed by atoms with Crippen molar-refractivity contribution in [2.24, 2.45) is 0 Å². The Bertz CT molecular complexity index is 1120. The number of thioether (sulfide) groups is 1. The molecule has 0 fully saturated rings. The Kier molecular flexibility index (Phi) is 5.62. The number of nitrogens with zero attached hydrogens (tertiary/aromatic N) is 1. The zero-order valence-corrected chi connectivity index (χ0v) is 17.5. The van der Waals surface area contributed by atoms with Gasteiger partial charge in [0.25, 0.3) is 5.69 Å². The third-order valence-corrected chi connectivity index (χ3v) is 8.42. The maximum Gasteiger partial charge on any atom is 0.271 e. The van der Waals surface area contributed by atoms with Crippen LogP contribution in [0.1, 0.15) is 5.56 Å². The van der Waals surface area contributed by atoms with Crippen molar-refractivity contribution in [3.63, 3.8) is 0 Å². The predicted molar refractivity (Wildman–Crippen MR) is 110 cm³/mol. The molecule has 3 rings (SSSR count). The van der Waals surface area contributed by atoms with Gasteiger partial charge in [0, 0.05) is 17.7 Å². The van der Waals surface area contributed by atoms with Crippen molar-refractivity contribution in [2.45, 2.75) is 20.9 Å². The zero-order valence-electron chi connectivity index (χ0n) is 14.3. The quantitative estimate of drug-likeness (QED) is 0.283. The van der Waals surface area contributed by atoms with Crippen LogP contribution in [0.25, 0.3) is 11.1 Å². The first-order valence-electron chi connectivity index (χ1n) is 7.67. The van der Waals surface area contributed by atoms with E-state index in [0.717, 1.165) is 4.21 Å². The summed E-state index contributed by atoms with van der Waals surface area (Å²) in [5.74, 6) is 0. The molecule has 0 aliphatic rings. The lowest BCUT2D eigenvalue weighted by Gasteiger charge is -2.11. The second-order valence-electron chi connectivity index (χ2n) is 5.68. The SMILES string of the molecule is CSc1sccc1S(=O)(=O)c1cccc(-c2c(C)cc([N+](=O)[O-])cc2Cl)c1. The van der Waals surface area contributed by atoms with E-state index >= 15 is 0 Å². The third-order valence-electron chi connectivity index (χ3n) is 3.99. The molecule has 0 unspecified atom stereocenters. The molecule has 0 spiro atoms. The summed E-state index contributed by atoms with van der Waals surface area (Å²) in [6.45, 7) is 1.71. The van der Waals surface area contributed by atoms with Crippen LogP contribution in [0, 0.1) is 17.0 Å². The topological polar surface area (TPSA) is 77.3 Å². The van der Waals surface area contributed by atoms with E-state index in [2.05, 4.69) is 0 Å². The van der Waals surface area contributed by atoms with Crippen LogP contribution >= 0.6 is 34.7 Å². The highest BCUT2D eigenvalue weighted by Gasteiger charge is 2.23. The number of hydrogen-bond donors (Lipinski definition) is 0. The summed E-state index contributed by atoms with van der Waals surface area (Å²) in [6, 6.07) is 10.8. The molecule has 0 atom stereocenters. The fourth-order valence-electron chi connectivity index (χ4n) is 2.77. The van der Waals surface area contributed by atoms with Gasteiger partial charge in [-0.25, -0.2) is 8.42 Å². The van der Waals surface area contributed by atoms with Crippen LogP contribution in [0.4, 0.5) is 5.69 Å². The van der Waals surface area contributed by atoms with Gasteiger partial charge in [-0.15, -0.1) is 23.1 Å². The van der Waals surface area contributed by atoms with Gasteiger partial charge in [0.2, 0.25) is 9.84 Å². The molecule has 0 aliphatic carbocycles. The lowest BCUT2D eigenvalue weighted by molar-refractivity contribution is -0.384. The van der Waals surface area contributed by atoms with Gasteiger partial charge in [-0.3, -0.25) is 10.1 Å². The minimum absolute atomic E-state index is 0.104. The van der Waals surface area contributed by atoms with Gasteiger partial charge < -0.3 is 0 Å². The van der Waals surface area contributed by atoms with Crippen molar-refractivity contribution >= 4 is 50.2 Å². The van der Waals surface area contributed by atoms with Gasteiger partial charge in [-0.1, -0.05) is 23.7 Å². The number of nitro benzene ring substituents is 1. The number of aryl methyl sites for hydroxylation is 1. The second kappa shape index (κ2) is 7.63. The average molecular weight is 440 g/mol. The molecule has 9 heteroatoms. The van der Waals surface area contributed by atoms with E-state index < -0.39 is 14.8 Å². The van der Waals surface area contributed by atoms with E-state index in [4.69, 9.17) is 11.6 Å². The molecule has 0 saturated heterocycles. The van der Waals surface area contributed by atoms with Crippen molar-refractivity contribution in [1.29, 1.82) is 0 Å². The molecule has 0 saturated carbocycles. The van der Waals surface area contributed by atoms with Crippen molar-refractivity contribution in [3.8, 4) is 11.1 Å². The standard InChI is InChI=1S/C18H14ClNO4S3/c1-11-8-13(20(21)22)10-15(19)17(11)12-4-3-5-14(9-12)27(23,24)16-6-7-26-18(16)25-2/h3-10H,1-2H3. The molecule has 1 heterocycles. The van der Waals surface area contributed by atoms with Crippen molar-refractivity contribution in [1.82, 2.24) is 0 Å². The molecule has 27 heavy (non-hydrogen) atoms. The summed E-state index contributed by atoms with van der Waals surface area (Å²) < 4.78 is 26.8. The lowest BCUT2D eigenvalue weighted by atomic mass is 10.00. The summed E-state index contributed by atoms with van der Waals surface area (Å²) >= 11 is 9.04. The molecular formula is C18H14ClNO4S3. The lowest BCUT2D eigenvalue weighted by Crippen LogP contribution is -2.02. The Labute approximate surface area is 170 Å². The number of nitro groups is 1. The van der Waals surface area contributed by atoms with Crippen molar-refractivity contribution in [2.75, 3.05) is 6.26 Å². The van der Waals surface area contributed by atoms with Gasteiger partial charge in [0.15, 0.2) is 0 Å². The van der Waals surface area contributed by atoms with Crippen LogP contribution in [-0.2, 0) is 9.84 Å². The predicted octanol–water partition coefficient (Wildman–Crippen LogP) is 5.84. The molecule has 2 aromatic carbocycles. The monoisotopic (exact) mass is 439 g/mol. The molecule has 3 aromatic rings. The fraction of sp³-hybridized carbons (Fsp3) is 0.111. The van der Waals surface area contributed by atoms with E-state index in [-0.39, 0.29) is 20.5 Å². The molecule has 1 aromatic heterocycles. The van der Waals surface area contributed by atoms with Crippen LogP contribution in [0.2, 0.25) is 5.02 Å². The smallest absolute Gasteiger partial charge is 0.258 e. The Hall–Kier alpha value is -1.87. The van der Waals surface area contributed by atoms with Crippen molar-refractivity contribution in [3.05, 3.63) is 68.5 Å². The Morgan fingerprint density at radius 3 is 2.56 bits per heavy atom. The largest absolute Gasteiger partial charge is 0.271 e. The summed E-state index contributed by atoms with van der Waals surface area (Å²) in [6.07, 6.45) is 1.83. The molecule has 0 bridgehead atoms. The molecule has 0 N–H and O–H groups in total. The number of rotatable bonds is 5. The summed E-state index contributed by atoms with van der Waals surface area (Å²) in [4.78, 5) is 10.9. The Morgan fingerprint density at radius 1 is 1.19 bits per heavy atom. The maximum atomic E-state index is 13.0. The highest BCUT2D eigenvalue weighted by Crippen LogP contribution is 2.38. The number of halogens is 1. The van der Waals surface area contributed by atoms with Crippen molar-refractivity contribution < 1.29 is 13.3 Å². The van der Waals surface area contributed by atoms with Crippen LogP contribution in [0.5, 0.6) is 0 Å². The first-order chi connectivity index (χ1) is 12.8. The average Bonchev–Trinajstić information content (AvgIpc) is 3.11. The number of non-ortho nitro benzene ring substituents is 1. The molecule has 0 amide bonds. The number of benzene rings is 2. The fourth-order valence-corrected chi connectivity index (χ4v) is 6.88. The number of thiophene rings is 1. The Balaban J connectivity index is 2.14. The highest BCUT2D eigenvalue weighted by atomic mass is 35.5. The van der Waals surface area contributed by atoms with E-state index in [9.17, 15) is 18.5 Å². The van der Waals surface area contributed by atoms with E-state index in [0.29, 0.717) is 16.7 Å². The molecule has 5 nitrogen and oxygen atoms in total. The van der Waals surface area contributed by atoms with E-state index in [1.165, 1.54) is 41.3 Å². The maximum absolute atomic E-state index is 13.0. The second-order valence-corrected chi connectivity index (χ2v) is 10.0. The highest BCUT2D eigenvalue weighted by molar-refractivity contribution is 8.01. The van der Waals surface area contributed by atoms with Crippen LogP contribution in [0.15, 0.2) is 61.8 Å². The summed E-state index contributed by atoms with van der Waals surface area (Å²) in [5.41, 5.74) is 1.67. The minimum atomic E-state index is -3.68. The first-order valence-corrected chi connectivity index (χ1v) is 11.6. The summed E-state index contributed by atoms with van der Waals surface area (Å²) in [5, 5.41) is 13.0. The van der Waals surface area contributed by atoms with Crippen LogP contribution in [-0.4, -0.2) is 19.6 Å². The van der Waals surface area contributed by atoms with Gasteiger partial charge >= 0.3 is 0 Å². The minimum Gasteiger partial charge on any atom is -0.258 e. The van der Waals surface area contributed by atoms with Crippen LogP contribution in [0.3, 0.4) is 0 Å². The van der Waals surface area contributed by atoms with E-state index in [1.807, 2.05) is 6.26 Å². The molecule has 140 valence electrons. The van der Waals surface area contributed by atoms with Gasteiger partial charge in [-0.05, 0) is 47.9 Å². The zero-order chi connectivity index (χ0) is 19.8. The normalized spacial score (nSPS) is 11.5. The van der Waals surface area contributed by atoms with E-state index in [1.54, 1.807) is 36.6 Å².